The molecule has 3 heterocycles. The summed E-state index contributed by atoms with van der Waals surface area (Å²) in [6, 6.07) is 12.7. The van der Waals surface area contributed by atoms with Crippen LogP contribution in [0.15, 0.2) is 59.4 Å². The quantitative estimate of drug-likeness (QED) is 0.396. The number of ether oxygens (including phenoxy) is 1. The van der Waals surface area contributed by atoms with E-state index in [0.29, 0.717) is 58.9 Å². The molecule has 1 saturated heterocycles. The molecule has 0 saturated carbocycles. The van der Waals surface area contributed by atoms with E-state index in [9.17, 15) is 14.0 Å². The number of aromatic nitrogens is 3. The summed E-state index contributed by atoms with van der Waals surface area (Å²) in [5.41, 5.74) is 2.43. The first-order valence-corrected chi connectivity index (χ1v) is 11.7. The number of halogens is 1. The van der Waals surface area contributed by atoms with Crippen LogP contribution in [-0.2, 0) is 9.53 Å². The summed E-state index contributed by atoms with van der Waals surface area (Å²) in [6.07, 6.45) is 2.90. The van der Waals surface area contributed by atoms with Crippen molar-refractivity contribution >= 4 is 34.5 Å². The maximum Gasteiger partial charge on any atom is 0.338 e. The van der Waals surface area contributed by atoms with E-state index in [1.807, 2.05) is 4.90 Å². The van der Waals surface area contributed by atoms with Gasteiger partial charge in [0.2, 0.25) is 5.91 Å². The van der Waals surface area contributed by atoms with Crippen LogP contribution in [0.4, 0.5) is 15.9 Å². The molecule has 1 aliphatic heterocycles. The second-order valence-electron chi connectivity index (χ2n) is 8.49. The molecule has 1 atom stereocenters. The highest BCUT2D eigenvalue weighted by atomic mass is 19.1. The Morgan fingerprint density at radius 2 is 2.03 bits per heavy atom. The fraction of sp³-hybridized carbons (Fsp3) is 0.269. The second kappa shape index (κ2) is 10.1. The Morgan fingerprint density at radius 1 is 1.19 bits per heavy atom. The van der Waals surface area contributed by atoms with E-state index in [-0.39, 0.29) is 24.2 Å². The van der Waals surface area contributed by atoms with Gasteiger partial charge in [-0.2, -0.15) is 4.98 Å². The number of rotatable bonds is 6. The molecule has 1 amide bonds. The number of hydrogen-bond donors (Lipinski definition) is 1. The molecule has 0 spiro atoms. The monoisotopic (exact) mass is 489 g/mol. The third-order valence-corrected chi connectivity index (χ3v) is 6.10. The molecule has 2 aromatic heterocycles. The van der Waals surface area contributed by atoms with Crippen molar-refractivity contribution in [1.29, 1.82) is 0 Å². The Balaban J connectivity index is 1.37. The summed E-state index contributed by atoms with van der Waals surface area (Å²) in [5, 5.41) is 7.69. The first kappa shape index (κ1) is 23.4. The van der Waals surface area contributed by atoms with E-state index in [1.165, 1.54) is 18.5 Å². The van der Waals surface area contributed by atoms with Crippen molar-refractivity contribution < 1.29 is 23.2 Å². The van der Waals surface area contributed by atoms with Crippen molar-refractivity contribution in [2.45, 2.75) is 19.8 Å². The van der Waals surface area contributed by atoms with Gasteiger partial charge in [-0.25, -0.2) is 14.2 Å². The van der Waals surface area contributed by atoms with Gasteiger partial charge >= 0.3 is 5.97 Å². The minimum atomic E-state index is -0.434. The highest BCUT2D eigenvalue weighted by Gasteiger charge is 2.29. The fourth-order valence-electron chi connectivity index (χ4n) is 4.38. The highest BCUT2D eigenvalue weighted by molar-refractivity contribution is 5.99. The molecule has 1 aliphatic rings. The van der Waals surface area contributed by atoms with E-state index in [1.54, 1.807) is 43.3 Å². The SMILES string of the molecule is CCOC(=O)c1cccc(NC(=O)[C@H]2CCCN(c3ncnc4onc(-c5ccc(F)cc5)c34)C2)c1. The number of esters is 1. The number of nitrogens with one attached hydrogen (secondary N) is 1. The predicted octanol–water partition coefficient (Wildman–Crippen LogP) is 4.46. The average molecular weight is 490 g/mol. The average Bonchev–Trinajstić information content (AvgIpc) is 3.34. The van der Waals surface area contributed by atoms with E-state index >= 15 is 0 Å². The molecule has 5 rings (SSSR count). The third-order valence-electron chi connectivity index (χ3n) is 6.10. The van der Waals surface area contributed by atoms with Crippen molar-refractivity contribution in [3.8, 4) is 11.3 Å². The van der Waals surface area contributed by atoms with Crippen LogP contribution in [0.1, 0.15) is 30.1 Å². The largest absolute Gasteiger partial charge is 0.462 e. The number of anilines is 2. The number of fused-ring (bicyclic) bond motifs is 1. The molecule has 9 nitrogen and oxygen atoms in total. The topological polar surface area (TPSA) is 110 Å². The van der Waals surface area contributed by atoms with Crippen LogP contribution < -0.4 is 10.2 Å². The predicted molar refractivity (Wildman–Crippen MR) is 131 cm³/mol. The zero-order chi connectivity index (χ0) is 25.1. The van der Waals surface area contributed by atoms with Gasteiger partial charge in [0.15, 0.2) is 0 Å². The number of carbonyl (C=O) groups is 2. The van der Waals surface area contributed by atoms with Crippen LogP contribution in [0.25, 0.3) is 22.4 Å². The molecular formula is C26H24FN5O4. The van der Waals surface area contributed by atoms with Crippen molar-refractivity contribution in [2.75, 3.05) is 29.9 Å². The molecule has 0 radical (unpaired) electrons. The first-order valence-electron chi connectivity index (χ1n) is 11.7. The first-order chi connectivity index (χ1) is 17.5. The molecule has 1 fully saturated rings. The smallest absolute Gasteiger partial charge is 0.338 e. The standard InChI is InChI=1S/C26H24FN5O4/c1-2-35-26(34)17-5-3-7-20(13-17)30-24(33)18-6-4-12-32(14-18)23-21-22(16-8-10-19(27)11-9-16)31-36-25(21)29-15-28-23/h3,5,7-11,13,15,18H,2,4,6,12,14H2,1H3,(H,30,33)/t18-/m0/s1. The van der Waals surface area contributed by atoms with Crippen LogP contribution in [-0.4, -0.2) is 46.7 Å². The van der Waals surface area contributed by atoms with Crippen LogP contribution in [0, 0.1) is 11.7 Å². The van der Waals surface area contributed by atoms with Gasteiger partial charge in [0, 0.05) is 24.3 Å². The van der Waals surface area contributed by atoms with Crippen molar-refractivity contribution in [1.82, 2.24) is 15.1 Å². The van der Waals surface area contributed by atoms with Gasteiger partial charge in [-0.3, -0.25) is 4.79 Å². The molecule has 36 heavy (non-hydrogen) atoms. The Labute approximate surface area is 206 Å². The lowest BCUT2D eigenvalue weighted by Gasteiger charge is -2.33. The maximum atomic E-state index is 13.4. The van der Waals surface area contributed by atoms with Gasteiger partial charge in [-0.05, 0) is 62.2 Å². The fourth-order valence-corrected chi connectivity index (χ4v) is 4.38. The van der Waals surface area contributed by atoms with Gasteiger partial charge < -0.3 is 19.5 Å². The Bertz CT molecular complexity index is 1410. The normalized spacial score (nSPS) is 15.6. The molecule has 184 valence electrons. The summed E-state index contributed by atoms with van der Waals surface area (Å²) >= 11 is 0. The Kier molecular flexibility index (Phi) is 6.57. The molecule has 1 N–H and O–H groups in total. The van der Waals surface area contributed by atoms with Gasteiger partial charge in [0.25, 0.3) is 5.71 Å². The van der Waals surface area contributed by atoms with Crippen molar-refractivity contribution in [2.24, 2.45) is 5.92 Å². The number of nitrogens with zero attached hydrogens (tertiary/aromatic N) is 4. The minimum Gasteiger partial charge on any atom is -0.462 e. The molecular weight excluding hydrogens is 465 g/mol. The number of hydrogen-bond acceptors (Lipinski definition) is 8. The number of amides is 1. The van der Waals surface area contributed by atoms with E-state index in [4.69, 9.17) is 9.26 Å². The zero-order valence-corrected chi connectivity index (χ0v) is 19.6. The van der Waals surface area contributed by atoms with E-state index in [0.717, 1.165) is 6.42 Å². The molecule has 4 aromatic rings. The zero-order valence-electron chi connectivity index (χ0n) is 19.6. The van der Waals surface area contributed by atoms with Crippen LogP contribution in [0.3, 0.4) is 0 Å². The van der Waals surface area contributed by atoms with Crippen LogP contribution in [0.2, 0.25) is 0 Å². The van der Waals surface area contributed by atoms with Gasteiger partial charge in [-0.15, -0.1) is 0 Å². The molecule has 2 aromatic carbocycles. The maximum absolute atomic E-state index is 13.4. The van der Waals surface area contributed by atoms with Crippen LogP contribution >= 0.6 is 0 Å². The lowest BCUT2D eigenvalue weighted by molar-refractivity contribution is -0.120. The number of carbonyl (C=O) groups excluding carboxylic acids is 2. The molecule has 10 heteroatoms. The van der Waals surface area contributed by atoms with E-state index in [2.05, 4.69) is 20.4 Å². The minimum absolute atomic E-state index is 0.143. The number of piperidine rings is 1. The molecule has 0 aliphatic carbocycles. The van der Waals surface area contributed by atoms with Crippen LogP contribution in [0.5, 0.6) is 0 Å². The molecule has 0 bridgehead atoms. The highest BCUT2D eigenvalue weighted by Crippen LogP contribution is 2.35. The Hall–Kier alpha value is -4.34. The summed E-state index contributed by atoms with van der Waals surface area (Å²) in [7, 11) is 0. The van der Waals surface area contributed by atoms with Crippen molar-refractivity contribution in [3.05, 3.63) is 66.2 Å². The molecule has 0 unspecified atom stereocenters. The summed E-state index contributed by atoms with van der Waals surface area (Å²) in [5.74, 6) is -0.613. The summed E-state index contributed by atoms with van der Waals surface area (Å²) in [4.78, 5) is 35.9. The van der Waals surface area contributed by atoms with Gasteiger partial charge in [0.1, 0.15) is 29.0 Å². The third kappa shape index (κ3) is 4.74. The second-order valence-corrected chi connectivity index (χ2v) is 8.49. The Morgan fingerprint density at radius 3 is 2.83 bits per heavy atom. The number of benzene rings is 2. The summed E-state index contributed by atoms with van der Waals surface area (Å²) in [6.45, 7) is 3.15. The summed E-state index contributed by atoms with van der Waals surface area (Å²) < 4.78 is 23.9. The lowest BCUT2D eigenvalue weighted by atomic mass is 9.96. The van der Waals surface area contributed by atoms with Gasteiger partial charge in [-0.1, -0.05) is 11.2 Å². The van der Waals surface area contributed by atoms with Gasteiger partial charge in [0.05, 0.1) is 18.1 Å². The van der Waals surface area contributed by atoms with Crippen molar-refractivity contribution in [3.63, 3.8) is 0 Å². The van der Waals surface area contributed by atoms with E-state index < -0.39 is 5.97 Å². The lowest BCUT2D eigenvalue weighted by Crippen LogP contribution is -2.41.